The van der Waals surface area contributed by atoms with Gasteiger partial charge in [-0.05, 0) is 24.6 Å². The number of piperazine rings is 1. The first-order valence-electron chi connectivity index (χ1n) is 10.8. The number of carbonyl (C=O) groups excluding carboxylic acids is 1. The maximum Gasteiger partial charge on any atom is 0.235 e. The Morgan fingerprint density at radius 3 is 2.52 bits per heavy atom. The maximum atomic E-state index is 13.1. The topological polar surface area (TPSA) is 50.6 Å². The van der Waals surface area contributed by atoms with Gasteiger partial charge in [-0.3, -0.25) is 9.69 Å². The number of imidazole rings is 1. The standard InChI is InChI=1S/C24H30N4O2S/c1-19(31-24-25-21-10-6-7-11-22(21)28(24)16-17-30-2)23(29)27-14-12-26(13-15-27)18-20-8-4-3-5-9-20/h3-11,19H,12-18H2,1-2H3. The van der Waals surface area contributed by atoms with Crippen LogP contribution in [-0.4, -0.2) is 70.4 Å². The number of thioether (sulfide) groups is 1. The number of carbonyl (C=O) groups is 1. The van der Waals surface area contributed by atoms with Crippen LogP contribution in [0.1, 0.15) is 12.5 Å². The molecule has 0 bridgehead atoms. The average Bonchev–Trinajstić information content (AvgIpc) is 3.15. The summed E-state index contributed by atoms with van der Waals surface area (Å²) in [4.78, 5) is 22.3. The van der Waals surface area contributed by atoms with Crippen molar-refractivity contribution in [3.05, 3.63) is 60.2 Å². The fourth-order valence-electron chi connectivity index (χ4n) is 3.98. The van der Waals surface area contributed by atoms with Gasteiger partial charge in [0.1, 0.15) is 0 Å². The first kappa shape index (κ1) is 21.9. The minimum Gasteiger partial charge on any atom is -0.383 e. The molecule has 0 spiro atoms. The lowest BCUT2D eigenvalue weighted by Gasteiger charge is -2.35. The zero-order valence-electron chi connectivity index (χ0n) is 18.2. The summed E-state index contributed by atoms with van der Waals surface area (Å²) in [5.41, 5.74) is 3.35. The molecule has 1 unspecified atom stereocenters. The van der Waals surface area contributed by atoms with Crippen LogP contribution in [0.15, 0.2) is 59.8 Å². The van der Waals surface area contributed by atoms with Gasteiger partial charge >= 0.3 is 0 Å². The molecule has 1 aromatic heterocycles. The van der Waals surface area contributed by atoms with Gasteiger partial charge < -0.3 is 14.2 Å². The minimum absolute atomic E-state index is 0.182. The van der Waals surface area contributed by atoms with Crippen LogP contribution in [0.25, 0.3) is 11.0 Å². The average molecular weight is 439 g/mol. The van der Waals surface area contributed by atoms with Crippen LogP contribution in [-0.2, 0) is 22.6 Å². The molecule has 1 aliphatic rings. The highest BCUT2D eigenvalue weighted by Gasteiger charge is 2.27. The second-order valence-corrected chi connectivity index (χ2v) is 9.18. The molecule has 1 saturated heterocycles. The Bertz CT molecular complexity index is 999. The van der Waals surface area contributed by atoms with Gasteiger partial charge in [-0.2, -0.15) is 0 Å². The molecule has 0 saturated carbocycles. The third-order valence-electron chi connectivity index (χ3n) is 5.70. The second kappa shape index (κ2) is 10.3. The van der Waals surface area contributed by atoms with E-state index in [0.29, 0.717) is 6.61 Å². The second-order valence-electron chi connectivity index (χ2n) is 7.87. The molecule has 3 aromatic rings. The largest absolute Gasteiger partial charge is 0.383 e. The summed E-state index contributed by atoms with van der Waals surface area (Å²) in [6.45, 7) is 7.63. The number of methoxy groups -OCH3 is 1. The van der Waals surface area contributed by atoms with Gasteiger partial charge in [-0.15, -0.1) is 0 Å². The molecule has 6 nitrogen and oxygen atoms in total. The lowest BCUT2D eigenvalue weighted by Crippen LogP contribution is -2.50. The van der Waals surface area contributed by atoms with Crippen molar-refractivity contribution in [2.75, 3.05) is 39.9 Å². The van der Waals surface area contributed by atoms with Gasteiger partial charge in [0, 0.05) is 46.4 Å². The summed E-state index contributed by atoms with van der Waals surface area (Å²) >= 11 is 1.54. The van der Waals surface area contributed by atoms with Crippen molar-refractivity contribution < 1.29 is 9.53 Å². The van der Waals surface area contributed by atoms with E-state index in [-0.39, 0.29) is 11.2 Å². The van der Waals surface area contributed by atoms with Crippen molar-refractivity contribution in [1.82, 2.24) is 19.4 Å². The highest BCUT2D eigenvalue weighted by atomic mass is 32.2. The van der Waals surface area contributed by atoms with Crippen LogP contribution < -0.4 is 0 Å². The van der Waals surface area contributed by atoms with Crippen molar-refractivity contribution in [2.45, 2.75) is 30.4 Å². The SMILES string of the molecule is COCCn1c(SC(C)C(=O)N2CCN(Cc3ccccc3)CC2)nc2ccccc21. The van der Waals surface area contributed by atoms with Crippen molar-refractivity contribution in [3.63, 3.8) is 0 Å². The molecular weight excluding hydrogens is 408 g/mol. The van der Waals surface area contributed by atoms with Crippen LogP contribution in [0.2, 0.25) is 0 Å². The number of nitrogens with zero attached hydrogens (tertiary/aromatic N) is 4. The van der Waals surface area contributed by atoms with Crippen LogP contribution >= 0.6 is 11.8 Å². The number of amides is 1. The fourth-order valence-corrected chi connectivity index (χ4v) is 5.01. The van der Waals surface area contributed by atoms with E-state index in [0.717, 1.165) is 55.5 Å². The highest BCUT2D eigenvalue weighted by Crippen LogP contribution is 2.28. The lowest BCUT2D eigenvalue weighted by atomic mass is 10.2. The Labute approximate surface area is 188 Å². The molecule has 164 valence electrons. The first-order chi connectivity index (χ1) is 15.2. The molecule has 1 fully saturated rings. The number of aromatic nitrogens is 2. The molecule has 4 rings (SSSR count). The zero-order valence-corrected chi connectivity index (χ0v) is 19.1. The molecule has 0 radical (unpaired) electrons. The van der Waals surface area contributed by atoms with E-state index in [1.54, 1.807) is 18.9 Å². The van der Waals surface area contributed by atoms with Crippen LogP contribution in [0.5, 0.6) is 0 Å². The molecule has 2 aromatic carbocycles. The van der Waals surface area contributed by atoms with E-state index < -0.39 is 0 Å². The number of hydrogen-bond acceptors (Lipinski definition) is 5. The Morgan fingerprint density at radius 1 is 1.06 bits per heavy atom. The molecular formula is C24H30N4O2S. The van der Waals surface area contributed by atoms with E-state index in [9.17, 15) is 4.79 Å². The molecule has 1 aliphatic heterocycles. The summed E-state index contributed by atoms with van der Waals surface area (Å²) in [5, 5.41) is 0.695. The third-order valence-corrected chi connectivity index (χ3v) is 6.78. The summed E-state index contributed by atoms with van der Waals surface area (Å²) in [6.07, 6.45) is 0. The smallest absolute Gasteiger partial charge is 0.235 e. The van der Waals surface area contributed by atoms with Crippen LogP contribution in [0, 0.1) is 0 Å². The van der Waals surface area contributed by atoms with E-state index in [4.69, 9.17) is 9.72 Å². The lowest BCUT2D eigenvalue weighted by molar-refractivity contribution is -0.132. The van der Waals surface area contributed by atoms with Gasteiger partial charge in [0.2, 0.25) is 5.91 Å². The summed E-state index contributed by atoms with van der Waals surface area (Å²) in [7, 11) is 1.70. The monoisotopic (exact) mass is 438 g/mol. The molecule has 0 aliphatic carbocycles. The van der Waals surface area contributed by atoms with E-state index in [1.807, 2.05) is 36.1 Å². The quantitative estimate of drug-likeness (QED) is 0.504. The molecule has 2 heterocycles. The zero-order chi connectivity index (χ0) is 21.6. The van der Waals surface area contributed by atoms with Gasteiger partial charge in [-0.1, -0.05) is 54.2 Å². The Morgan fingerprint density at radius 2 is 1.77 bits per heavy atom. The normalized spacial score (nSPS) is 16.0. The van der Waals surface area contributed by atoms with Gasteiger partial charge in [0.25, 0.3) is 0 Å². The van der Waals surface area contributed by atoms with E-state index >= 15 is 0 Å². The molecule has 0 N–H and O–H groups in total. The maximum absolute atomic E-state index is 13.1. The predicted octanol–water partition coefficient (Wildman–Crippen LogP) is 3.51. The van der Waals surface area contributed by atoms with Gasteiger partial charge in [-0.25, -0.2) is 4.98 Å². The summed E-state index contributed by atoms with van der Waals surface area (Å²) in [6, 6.07) is 18.6. The number of hydrogen-bond donors (Lipinski definition) is 0. The fraction of sp³-hybridized carbons (Fsp3) is 0.417. The van der Waals surface area contributed by atoms with Crippen molar-refractivity contribution in [3.8, 4) is 0 Å². The van der Waals surface area contributed by atoms with Gasteiger partial charge in [0.05, 0.1) is 22.9 Å². The Hall–Kier alpha value is -2.35. The van der Waals surface area contributed by atoms with Crippen LogP contribution in [0.3, 0.4) is 0 Å². The highest BCUT2D eigenvalue weighted by molar-refractivity contribution is 8.00. The number of fused-ring (bicyclic) bond motifs is 1. The third kappa shape index (κ3) is 5.29. The van der Waals surface area contributed by atoms with Crippen molar-refractivity contribution >= 4 is 28.7 Å². The van der Waals surface area contributed by atoms with Crippen LogP contribution in [0.4, 0.5) is 0 Å². The number of rotatable bonds is 8. The molecule has 1 atom stereocenters. The Kier molecular flexibility index (Phi) is 7.27. The summed E-state index contributed by atoms with van der Waals surface area (Å²) in [5.74, 6) is 0.190. The Balaban J connectivity index is 1.37. The van der Waals surface area contributed by atoms with E-state index in [1.165, 1.54) is 5.56 Å². The van der Waals surface area contributed by atoms with Crippen molar-refractivity contribution in [1.29, 1.82) is 0 Å². The number of ether oxygens (including phenoxy) is 1. The number of para-hydroxylation sites is 2. The van der Waals surface area contributed by atoms with E-state index in [2.05, 4.69) is 39.8 Å². The molecule has 7 heteroatoms. The molecule has 1 amide bonds. The summed E-state index contributed by atoms with van der Waals surface area (Å²) < 4.78 is 7.44. The first-order valence-corrected chi connectivity index (χ1v) is 11.7. The van der Waals surface area contributed by atoms with Gasteiger partial charge in [0.15, 0.2) is 5.16 Å². The minimum atomic E-state index is -0.182. The molecule has 31 heavy (non-hydrogen) atoms. The van der Waals surface area contributed by atoms with Crippen molar-refractivity contribution in [2.24, 2.45) is 0 Å². The predicted molar refractivity (Wildman–Crippen MR) is 125 cm³/mol. The number of benzene rings is 2.